The minimum atomic E-state index is -1.74. The smallest absolute Gasteiger partial charge is 0.185 e. The Bertz CT molecular complexity index is 403. The van der Waals surface area contributed by atoms with Gasteiger partial charge in [-0.05, 0) is 41.7 Å². The van der Waals surface area contributed by atoms with Gasteiger partial charge in [0.1, 0.15) is 0 Å². The third-order valence-corrected chi connectivity index (χ3v) is 21.1. The molecule has 1 unspecified atom stereocenters. The van der Waals surface area contributed by atoms with Crippen LogP contribution in [0.4, 0.5) is 0 Å². The third-order valence-electron chi connectivity index (χ3n) is 8.72. The molecule has 27 heavy (non-hydrogen) atoms. The molecular formula is C24H50OSi2. The molecule has 0 aromatic rings. The molecule has 160 valence electrons. The van der Waals surface area contributed by atoms with Gasteiger partial charge in [-0.25, -0.2) is 0 Å². The van der Waals surface area contributed by atoms with Crippen LogP contribution in [0.1, 0.15) is 118 Å². The molecule has 0 N–H and O–H groups in total. The topological polar surface area (TPSA) is 9.23 Å². The predicted molar refractivity (Wildman–Crippen MR) is 127 cm³/mol. The van der Waals surface area contributed by atoms with E-state index in [-0.39, 0.29) is 0 Å². The van der Waals surface area contributed by atoms with Crippen LogP contribution in [0.5, 0.6) is 0 Å². The Labute approximate surface area is 173 Å². The lowest BCUT2D eigenvalue weighted by Crippen LogP contribution is -2.58. The largest absolute Gasteiger partial charge is 0.454 e. The molecule has 2 saturated heterocycles. The van der Waals surface area contributed by atoms with Gasteiger partial charge in [0.2, 0.25) is 0 Å². The van der Waals surface area contributed by atoms with Gasteiger partial charge in [-0.3, -0.25) is 0 Å². The Morgan fingerprint density at radius 2 is 1.04 bits per heavy atom. The van der Waals surface area contributed by atoms with E-state index in [1.54, 1.807) is 0 Å². The summed E-state index contributed by atoms with van der Waals surface area (Å²) in [4.78, 5) is 0. The van der Waals surface area contributed by atoms with Gasteiger partial charge in [0.25, 0.3) is 0 Å². The Morgan fingerprint density at radius 1 is 0.593 bits per heavy atom. The van der Waals surface area contributed by atoms with E-state index in [0.29, 0.717) is 5.04 Å². The zero-order valence-electron chi connectivity index (χ0n) is 19.3. The van der Waals surface area contributed by atoms with Gasteiger partial charge < -0.3 is 4.12 Å². The second-order valence-corrected chi connectivity index (χ2v) is 19.0. The first-order valence-corrected chi connectivity index (χ1v) is 17.7. The van der Waals surface area contributed by atoms with Crippen LogP contribution in [0.3, 0.4) is 0 Å². The van der Waals surface area contributed by atoms with Gasteiger partial charge in [-0.15, -0.1) is 0 Å². The summed E-state index contributed by atoms with van der Waals surface area (Å²) in [6.45, 7) is 10.00. The summed E-state index contributed by atoms with van der Waals surface area (Å²) in [6, 6.07) is 7.16. The molecule has 1 spiro atoms. The maximum Gasteiger partial charge on any atom is 0.185 e. The van der Waals surface area contributed by atoms with Gasteiger partial charge in [-0.1, -0.05) is 111 Å². The van der Waals surface area contributed by atoms with Crippen LogP contribution < -0.4 is 0 Å². The Hall–Kier alpha value is 0.394. The average molecular weight is 411 g/mol. The quantitative estimate of drug-likeness (QED) is 0.419. The fourth-order valence-electron chi connectivity index (χ4n) is 6.52. The van der Waals surface area contributed by atoms with Crippen molar-refractivity contribution in [3.8, 4) is 0 Å². The first-order valence-electron chi connectivity index (χ1n) is 12.8. The predicted octanol–water partition coefficient (Wildman–Crippen LogP) is 9.20. The summed E-state index contributed by atoms with van der Waals surface area (Å²) >= 11 is 0. The number of hydrogen-bond acceptors (Lipinski definition) is 1. The van der Waals surface area contributed by atoms with E-state index in [9.17, 15) is 0 Å². The lowest BCUT2D eigenvalue weighted by molar-refractivity contribution is 0.359. The SMILES string of the molecule is CCC1(CC)CCCCCCC[Si]12CCCCCCCC[Si](CC)(CC)O2. The second kappa shape index (κ2) is 11.5. The fraction of sp³-hybridized carbons (Fsp3) is 1.00. The van der Waals surface area contributed by atoms with E-state index >= 15 is 0 Å². The molecule has 2 aliphatic heterocycles. The number of rotatable bonds is 4. The third kappa shape index (κ3) is 5.72. The van der Waals surface area contributed by atoms with Crippen molar-refractivity contribution in [2.75, 3.05) is 0 Å². The van der Waals surface area contributed by atoms with Crippen molar-refractivity contribution < 1.29 is 4.12 Å². The van der Waals surface area contributed by atoms with Crippen LogP contribution in [0.15, 0.2) is 0 Å². The Kier molecular flexibility index (Phi) is 10.1. The van der Waals surface area contributed by atoms with Crippen LogP contribution in [-0.2, 0) is 4.12 Å². The fourth-order valence-corrected chi connectivity index (χ4v) is 20.1. The summed E-state index contributed by atoms with van der Waals surface area (Å²) in [5.74, 6) is 0. The molecule has 3 heteroatoms. The van der Waals surface area contributed by atoms with Crippen molar-refractivity contribution in [3.63, 3.8) is 0 Å². The van der Waals surface area contributed by atoms with Gasteiger partial charge in [0.05, 0.1) is 0 Å². The van der Waals surface area contributed by atoms with E-state index in [4.69, 9.17) is 4.12 Å². The van der Waals surface area contributed by atoms with Crippen LogP contribution in [0.25, 0.3) is 0 Å². The highest BCUT2D eigenvalue weighted by atomic mass is 28.4. The standard InChI is InChI=1S/C24H50OSi2/c1-5-24(6-2)20-16-12-11-15-19-23-27(24)22-18-14-10-9-13-17-21-26(7-3,8-4)25-27/h5-23H2,1-4H3. The highest BCUT2D eigenvalue weighted by Gasteiger charge is 2.54. The molecule has 0 aromatic heterocycles. The maximum absolute atomic E-state index is 7.86. The molecule has 0 amide bonds. The zero-order chi connectivity index (χ0) is 19.6. The highest BCUT2D eigenvalue weighted by molar-refractivity contribution is 6.88. The van der Waals surface area contributed by atoms with Crippen molar-refractivity contribution in [2.45, 2.75) is 153 Å². The normalized spacial score (nSPS) is 30.7. The Morgan fingerprint density at radius 3 is 1.52 bits per heavy atom. The first kappa shape index (κ1) is 23.7. The van der Waals surface area contributed by atoms with E-state index in [2.05, 4.69) is 27.7 Å². The van der Waals surface area contributed by atoms with Crippen molar-refractivity contribution in [2.24, 2.45) is 0 Å². The molecule has 1 atom stereocenters. The van der Waals surface area contributed by atoms with Gasteiger partial charge in [0, 0.05) is 0 Å². The maximum atomic E-state index is 7.86. The van der Waals surface area contributed by atoms with Crippen LogP contribution in [0.2, 0.25) is 35.3 Å². The minimum absolute atomic E-state index is 0.563. The summed E-state index contributed by atoms with van der Waals surface area (Å²) in [7, 11) is -3.30. The first-order chi connectivity index (χ1) is 13.1. The zero-order valence-corrected chi connectivity index (χ0v) is 21.3. The van der Waals surface area contributed by atoms with Crippen LogP contribution in [-0.4, -0.2) is 16.6 Å². The molecule has 2 rings (SSSR count). The monoisotopic (exact) mass is 410 g/mol. The van der Waals surface area contributed by atoms with Gasteiger partial charge >= 0.3 is 0 Å². The Balaban J connectivity index is 2.46. The summed E-state index contributed by atoms with van der Waals surface area (Å²) < 4.78 is 7.86. The van der Waals surface area contributed by atoms with E-state index < -0.39 is 16.6 Å². The molecule has 2 aliphatic rings. The highest BCUT2D eigenvalue weighted by Crippen LogP contribution is 2.56. The van der Waals surface area contributed by atoms with Crippen molar-refractivity contribution in [3.05, 3.63) is 0 Å². The lowest BCUT2D eigenvalue weighted by atomic mass is 9.94. The molecule has 0 radical (unpaired) electrons. The minimum Gasteiger partial charge on any atom is -0.454 e. The molecule has 2 heterocycles. The molecule has 0 aliphatic carbocycles. The molecule has 0 bridgehead atoms. The molecule has 2 fully saturated rings. The van der Waals surface area contributed by atoms with Gasteiger partial charge in [0.15, 0.2) is 16.6 Å². The van der Waals surface area contributed by atoms with Crippen LogP contribution in [0, 0.1) is 0 Å². The second-order valence-electron chi connectivity index (χ2n) is 9.86. The van der Waals surface area contributed by atoms with Crippen molar-refractivity contribution in [1.29, 1.82) is 0 Å². The van der Waals surface area contributed by atoms with Crippen molar-refractivity contribution >= 4 is 16.6 Å². The molecular weight excluding hydrogens is 360 g/mol. The van der Waals surface area contributed by atoms with Crippen LogP contribution >= 0.6 is 0 Å². The molecule has 0 aromatic carbocycles. The van der Waals surface area contributed by atoms with E-state index in [1.165, 1.54) is 120 Å². The lowest BCUT2D eigenvalue weighted by Gasteiger charge is -2.53. The summed E-state index contributed by atoms with van der Waals surface area (Å²) in [6.07, 6.45) is 20.4. The summed E-state index contributed by atoms with van der Waals surface area (Å²) in [5.41, 5.74) is 0. The molecule has 0 saturated carbocycles. The number of hydrogen-bond donors (Lipinski definition) is 0. The average Bonchev–Trinajstić information content (AvgIpc) is 2.75. The van der Waals surface area contributed by atoms with Crippen molar-refractivity contribution in [1.82, 2.24) is 0 Å². The van der Waals surface area contributed by atoms with E-state index in [1.807, 2.05) is 0 Å². The van der Waals surface area contributed by atoms with Gasteiger partial charge in [-0.2, -0.15) is 0 Å². The molecule has 1 nitrogen and oxygen atoms in total. The summed E-state index contributed by atoms with van der Waals surface area (Å²) in [5, 5.41) is 0.563. The van der Waals surface area contributed by atoms with E-state index in [0.717, 1.165) is 0 Å².